The first-order valence-corrected chi connectivity index (χ1v) is 11.7. The van der Waals surface area contributed by atoms with Crippen molar-refractivity contribution in [2.45, 2.75) is 46.7 Å². The van der Waals surface area contributed by atoms with Crippen LogP contribution >= 0.6 is 15.9 Å². The van der Waals surface area contributed by atoms with Gasteiger partial charge >= 0.3 is 0 Å². The van der Waals surface area contributed by atoms with Gasteiger partial charge in [-0.05, 0) is 60.5 Å². The third-order valence-corrected chi connectivity index (χ3v) is 5.54. The van der Waals surface area contributed by atoms with E-state index >= 15 is 0 Å². The number of carbonyl (C=O) groups is 1. The summed E-state index contributed by atoms with van der Waals surface area (Å²) < 4.78 is 14.1. The van der Waals surface area contributed by atoms with Crippen LogP contribution in [0.1, 0.15) is 37.8 Å². The molecule has 3 rings (SSSR count). The van der Waals surface area contributed by atoms with E-state index in [2.05, 4.69) is 49.0 Å². The highest BCUT2D eigenvalue weighted by Crippen LogP contribution is 2.34. The van der Waals surface area contributed by atoms with Gasteiger partial charge in [0.15, 0.2) is 18.1 Å². The van der Waals surface area contributed by atoms with Gasteiger partial charge in [0.25, 0.3) is 5.91 Å². The average Bonchev–Trinajstić information content (AvgIpc) is 3.25. The molecule has 0 aliphatic carbocycles. The highest BCUT2D eigenvalue weighted by molar-refractivity contribution is 9.10. The molecule has 0 spiro atoms. The lowest BCUT2D eigenvalue weighted by Crippen LogP contribution is -2.20. The number of benzene rings is 2. The van der Waals surface area contributed by atoms with Gasteiger partial charge < -0.3 is 20.1 Å². The van der Waals surface area contributed by atoms with Crippen molar-refractivity contribution in [2.75, 3.05) is 23.8 Å². The molecule has 10 heteroatoms. The Balaban J connectivity index is 1.64. The van der Waals surface area contributed by atoms with E-state index in [4.69, 9.17) is 9.47 Å². The largest absolute Gasteiger partial charge is 0.490 e. The lowest BCUT2D eigenvalue weighted by molar-refractivity contribution is -0.118. The van der Waals surface area contributed by atoms with Crippen molar-refractivity contribution in [3.8, 4) is 11.5 Å². The molecule has 1 amide bonds. The molecule has 0 bridgehead atoms. The molecule has 9 nitrogen and oxygen atoms in total. The molecule has 1 heterocycles. The number of nitrogens with one attached hydrogen (secondary N) is 2. The van der Waals surface area contributed by atoms with Crippen LogP contribution in [0.15, 0.2) is 40.9 Å². The number of halogens is 1. The van der Waals surface area contributed by atoms with Crippen LogP contribution in [0, 0.1) is 6.92 Å². The molecule has 0 atom stereocenters. The molecule has 0 saturated carbocycles. The van der Waals surface area contributed by atoms with Crippen LogP contribution in [0.3, 0.4) is 0 Å². The summed E-state index contributed by atoms with van der Waals surface area (Å²) in [6.45, 7) is 7.60. The third-order valence-electron chi connectivity index (χ3n) is 4.80. The van der Waals surface area contributed by atoms with Gasteiger partial charge in [0, 0.05) is 23.2 Å². The second-order valence-corrected chi connectivity index (χ2v) is 8.31. The van der Waals surface area contributed by atoms with Crippen LogP contribution in [0.25, 0.3) is 0 Å². The predicted molar refractivity (Wildman–Crippen MR) is 131 cm³/mol. The molecule has 176 valence electrons. The Morgan fingerprint density at radius 2 is 1.88 bits per heavy atom. The molecule has 1 aromatic heterocycles. The summed E-state index contributed by atoms with van der Waals surface area (Å²) in [5, 5.41) is 17.9. The number of aryl methyl sites for hydroxylation is 2. The summed E-state index contributed by atoms with van der Waals surface area (Å²) in [7, 11) is 0. The van der Waals surface area contributed by atoms with E-state index < -0.39 is 0 Å². The van der Waals surface area contributed by atoms with Crippen molar-refractivity contribution in [3.63, 3.8) is 0 Å². The number of ether oxygens (including phenoxy) is 2. The minimum absolute atomic E-state index is 0.135. The zero-order chi connectivity index (χ0) is 23.6. The second kappa shape index (κ2) is 12.2. The number of hydrogen-bond acceptors (Lipinski definition) is 7. The van der Waals surface area contributed by atoms with Crippen molar-refractivity contribution in [3.05, 3.63) is 52.0 Å². The van der Waals surface area contributed by atoms with E-state index in [9.17, 15) is 4.79 Å². The summed E-state index contributed by atoms with van der Waals surface area (Å²) in [5.41, 5.74) is 2.80. The fourth-order valence-corrected chi connectivity index (χ4v) is 3.50. The summed E-state index contributed by atoms with van der Waals surface area (Å²) in [4.78, 5) is 12.3. The minimum atomic E-state index is -0.248. The molecule has 2 N–H and O–H groups in total. The number of carbonyl (C=O) groups excluding carboxylic acids is 1. The van der Waals surface area contributed by atoms with Crippen molar-refractivity contribution in [2.24, 2.45) is 0 Å². The molecule has 0 aliphatic heterocycles. The maximum atomic E-state index is 12.3. The van der Waals surface area contributed by atoms with Gasteiger partial charge in [-0.25, -0.2) is 4.68 Å². The monoisotopic (exact) mass is 516 g/mol. The van der Waals surface area contributed by atoms with E-state index in [1.54, 1.807) is 10.7 Å². The van der Waals surface area contributed by atoms with Crippen molar-refractivity contribution < 1.29 is 14.3 Å². The molecule has 33 heavy (non-hydrogen) atoms. The highest BCUT2D eigenvalue weighted by atomic mass is 79.9. The van der Waals surface area contributed by atoms with Gasteiger partial charge in [-0.2, -0.15) is 0 Å². The number of nitrogens with zero attached hydrogens (tertiary/aromatic N) is 4. The Kier molecular flexibility index (Phi) is 9.05. The van der Waals surface area contributed by atoms with Crippen molar-refractivity contribution in [1.29, 1.82) is 0 Å². The first-order chi connectivity index (χ1) is 16.0. The van der Waals surface area contributed by atoms with Gasteiger partial charge in [-0.1, -0.05) is 52.1 Å². The van der Waals surface area contributed by atoms with E-state index in [1.165, 1.54) is 0 Å². The maximum absolute atomic E-state index is 12.3. The molecule has 0 fully saturated rings. The molecule has 0 saturated heterocycles. The van der Waals surface area contributed by atoms with Crippen LogP contribution in [-0.4, -0.2) is 39.3 Å². The Morgan fingerprint density at radius 1 is 1.12 bits per heavy atom. The number of unbranched alkanes of at least 4 members (excludes halogenated alkanes) is 1. The fourth-order valence-electron chi connectivity index (χ4n) is 3.04. The quantitative estimate of drug-likeness (QED) is 0.363. The van der Waals surface area contributed by atoms with Crippen LogP contribution in [0.4, 0.5) is 11.6 Å². The van der Waals surface area contributed by atoms with E-state index in [0.29, 0.717) is 30.6 Å². The Bertz CT molecular complexity index is 1050. The van der Waals surface area contributed by atoms with Gasteiger partial charge in [-0.15, -0.1) is 0 Å². The number of amides is 1. The van der Waals surface area contributed by atoms with E-state index in [0.717, 1.165) is 40.7 Å². The van der Waals surface area contributed by atoms with E-state index in [1.807, 2.05) is 44.2 Å². The van der Waals surface area contributed by atoms with E-state index in [-0.39, 0.29) is 12.5 Å². The second-order valence-electron chi connectivity index (χ2n) is 7.46. The SMILES string of the molecule is CCCCn1nnnc1NCc1cc(OCC)c(OCC(=O)Nc2ccc(C)cc2)cc1Br. The molecular formula is C23H29BrN6O3. The molecular weight excluding hydrogens is 488 g/mol. The number of hydrogen-bond donors (Lipinski definition) is 2. The number of rotatable bonds is 12. The average molecular weight is 517 g/mol. The zero-order valence-corrected chi connectivity index (χ0v) is 20.7. The van der Waals surface area contributed by atoms with Crippen LogP contribution < -0.4 is 20.1 Å². The number of anilines is 2. The molecule has 0 unspecified atom stereocenters. The van der Waals surface area contributed by atoms with Crippen LogP contribution in [0.2, 0.25) is 0 Å². The van der Waals surface area contributed by atoms with Crippen molar-refractivity contribution in [1.82, 2.24) is 20.2 Å². The number of tetrazole rings is 1. The van der Waals surface area contributed by atoms with Crippen LogP contribution in [-0.2, 0) is 17.9 Å². The van der Waals surface area contributed by atoms with Gasteiger partial charge in [-0.3, -0.25) is 4.79 Å². The fraction of sp³-hybridized carbons (Fsp3) is 0.391. The lowest BCUT2D eigenvalue weighted by atomic mass is 10.2. The smallest absolute Gasteiger partial charge is 0.262 e. The maximum Gasteiger partial charge on any atom is 0.262 e. The zero-order valence-electron chi connectivity index (χ0n) is 19.1. The molecule has 0 aliphatic rings. The summed E-state index contributed by atoms with van der Waals surface area (Å²) in [6, 6.07) is 11.3. The first-order valence-electron chi connectivity index (χ1n) is 10.9. The molecule has 3 aromatic rings. The summed E-state index contributed by atoms with van der Waals surface area (Å²) >= 11 is 3.59. The normalized spacial score (nSPS) is 10.7. The highest BCUT2D eigenvalue weighted by Gasteiger charge is 2.14. The topological polar surface area (TPSA) is 103 Å². The van der Waals surface area contributed by atoms with Crippen LogP contribution in [0.5, 0.6) is 11.5 Å². The van der Waals surface area contributed by atoms with Gasteiger partial charge in [0.2, 0.25) is 5.95 Å². The van der Waals surface area contributed by atoms with Crippen molar-refractivity contribution >= 4 is 33.5 Å². The standard InChI is InChI=1S/C23H29BrN6O3/c1-4-6-11-30-23(27-28-29-30)25-14-17-12-20(32-5-2)21(13-19(17)24)33-15-22(31)26-18-9-7-16(3)8-10-18/h7-10,12-13H,4-6,11,14-15H2,1-3H3,(H,26,31)(H,25,27,29). The summed E-state index contributed by atoms with van der Waals surface area (Å²) in [5.74, 6) is 1.41. The minimum Gasteiger partial charge on any atom is -0.490 e. The predicted octanol–water partition coefficient (Wildman–Crippen LogP) is 4.57. The molecule has 0 radical (unpaired) electrons. The Labute approximate surface area is 202 Å². The molecule has 2 aromatic carbocycles. The van der Waals surface area contributed by atoms with Gasteiger partial charge in [0.05, 0.1) is 6.61 Å². The first kappa shape index (κ1) is 24.5. The van der Waals surface area contributed by atoms with Gasteiger partial charge in [0.1, 0.15) is 0 Å². The third kappa shape index (κ3) is 7.18. The number of aromatic nitrogens is 4. The Morgan fingerprint density at radius 3 is 2.61 bits per heavy atom. The summed E-state index contributed by atoms with van der Waals surface area (Å²) in [6.07, 6.45) is 2.06. The Hall–Kier alpha value is -3.14. The lowest BCUT2D eigenvalue weighted by Gasteiger charge is -2.15.